The zero-order valence-electron chi connectivity index (χ0n) is 27.4. The molecule has 0 aliphatic carbocycles. The standard InChI is InChI=1S/C31H38N2.2C4H9.Pd/c1-5-9-14-25-19-21-27(22-20-25)31(28-17-12-15-26(23-28)13-8-4)30(18-11-7-3)29(24-33-32)16-10-6-2;2*1-3-4-2;/h12,15,17,19-23H,5-7,9-11,14,16,18H2,1-4H3;2*1,3-4H2,2H3;/q;2*-1;+2. The van der Waals surface area contributed by atoms with E-state index in [9.17, 15) is 5.53 Å². The Hall–Kier alpha value is -2.44. The minimum absolute atomic E-state index is 0. The minimum atomic E-state index is 0. The van der Waals surface area contributed by atoms with Crippen LogP contribution in [0.2, 0.25) is 0 Å². The molecule has 0 radical (unpaired) electrons. The van der Waals surface area contributed by atoms with Crippen LogP contribution >= 0.6 is 0 Å². The average Bonchev–Trinajstić information content (AvgIpc) is 3.01. The molecule has 0 N–H and O–H groups in total. The number of allylic oxidation sites excluding steroid dienone is 2. The molecule has 0 fully saturated rings. The fourth-order valence-electron chi connectivity index (χ4n) is 4.10. The Morgan fingerprint density at radius 3 is 1.83 bits per heavy atom. The normalized spacial score (nSPS) is 10.1. The van der Waals surface area contributed by atoms with Crippen molar-refractivity contribution in [3.63, 3.8) is 0 Å². The largest absolute Gasteiger partial charge is 2.00 e. The zero-order valence-corrected chi connectivity index (χ0v) is 29.0. The van der Waals surface area contributed by atoms with Crippen LogP contribution in [0.15, 0.2) is 59.7 Å². The maximum absolute atomic E-state index is 9.42. The van der Waals surface area contributed by atoms with Crippen molar-refractivity contribution in [1.29, 1.82) is 0 Å². The third kappa shape index (κ3) is 17.5. The van der Waals surface area contributed by atoms with Gasteiger partial charge in [0.15, 0.2) is 0 Å². The summed E-state index contributed by atoms with van der Waals surface area (Å²) in [6, 6.07) is 17.5. The molecule has 2 aromatic rings. The fraction of sp³-hybridized carbons (Fsp3) is 0.487. The molecule has 232 valence electrons. The predicted molar refractivity (Wildman–Crippen MR) is 182 cm³/mol. The molecule has 2 aromatic carbocycles. The molecular formula is C39H56N2Pd. The van der Waals surface area contributed by atoms with E-state index in [1.165, 1.54) is 48.0 Å². The second-order valence-corrected chi connectivity index (χ2v) is 10.2. The molecule has 0 spiro atoms. The molecule has 0 aliphatic rings. The van der Waals surface area contributed by atoms with Crippen molar-refractivity contribution in [2.24, 2.45) is 0 Å². The van der Waals surface area contributed by atoms with Gasteiger partial charge in [0.25, 0.3) is 0 Å². The first kappa shape index (κ1) is 41.7. The zero-order chi connectivity index (χ0) is 30.7. The second kappa shape index (κ2) is 28.7. The molecule has 0 aromatic heterocycles. The Balaban J connectivity index is 0. The first-order valence-corrected chi connectivity index (χ1v) is 15.9. The van der Waals surface area contributed by atoms with Gasteiger partial charge in [0, 0.05) is 5.56 Å². The summed E-state index contributed by atoms with van der Waals surface area (Å²) >= 11 is 0. The van der Waals surface area contributed by atoms with Crippen LogP contribution in [-0.2, 0) is 26.8 Å². The minimum Gasteiger partial charge on any atom is -0.348 e. The van der Waals surface area contributed by atoms with Crippen molar-refractivity contribution in [2.75, 3.05) is 0 Å². The van der Waals surface area contributed by atoms with E-state index in [-0.39, 0.29) is 20.4 Å². The van der Waals surface area contributed by atoms with Crippen LogP contribution in [0, 0.1) is 25.7 Å². The summed E-state index contributed by atoms with van der Waals surface area (Å²) in [4.78, 5) is 3.34. The number of hydrogen-bond acceptors (Lipinski definition) is 0. The molecule has 0 saturated heterocycles. The summed E-state index contributed by atoms with van der Waals surface area (Å²) in [5, 5.41) is 0. The Morgan fingerprint density at radius 2 is 1.33 bits per heavy atom. The van der Waals surface area contributed by atoms with Gasteiger partial charge < -0.3 is 19.4 Å². The van der Waals surface area contributed by atoms with Gasteiger partial charge in [-0.05, 0) is 85.4 Å². The number of nitrogens with zero attached hydrogens (tertiary/aromatic N) is 2. The van der Waals surface area contributed by atoms with Crippen LogP contribution in [-0.4, -0.2) is 10.7 Å². The number of benzene rings is 2. The smallest absolute Gasteiger partial charge is 0.348 e. The number of hydrogen-bond donors (Lipinski definition) is 0. The van der Waals surface area contributed by atoms with E-state index in [1.54, 1.807) is 0 Å². The molecule has 3 heteroatoms. The third-order valence-electron chi connectivity index (χ3n) is 6.60. The molecule has 0 aliphatic heterocycles. The Morgan fingerprint density at radius 1 is 0.762 bits per heavy atom. The summed E-state index contributed by atoms with van der Waals surface area (Å²) in [7, 11) is 0. The molecule has 0 heterocycles. The van der Waals surface area contributed by atoms with Gasteiger partial charge in [0.2, 0.25) is 0 Å². The predicted octanol–water partition coefficient (Wildman–Crippen LogP) is 11.6. The van der Waals surface area contributed by atoms with Gasteiger partial charge in [-0.15, -0.1) is 10.7 Å². The molecule has 0 unspecified atom stereocenters. The van der Waals surface area contributed by atoms with Crippen molar-refractivity contribution >= 4 is 11.4 Å². The van der Waals surface area contributed by atoms with Crippen molar-refractivity contribution in [2.45, 2.75) is 125 Å². The van der Waals surface area contributed by atoms with Crippen molar-refractivity contribution in [1.82, 2.24) is 0 Å². The van der Waals surface area contributed by atoms with Gasteiger partial charge in [-0.25, -0.2) is 0 Å². The van der Waals surface area contributed by atoms with Crippen LogP contribution in [0.1, 0.15) is 141 Å². The van der Waals surface area contributed by atoms with E-state index in [1.807, 2.05) is 6.92 Å². The first-order valence-electron chi connectivity index (χ1n) is 15.9. The van der Waals surface area contributed by atoms with Gasteiger partial charge in [-0.2, -0.15) is 12.8 Å². The van der Waals surface area contributed by atoms with E-state index in [0.717, 1.165) is 74.5 Å². The van der Waals surface area contributed by atoms with Crippen molar-refractivity contribution in [3.05, 3.63) is 101 Å². The third-order valence-corrected chi connectivity index (χ3v) is 6.60. The van der Waals surface area contributed by atoms with Gasteiger partial charge in [0.05, 0.1) is 5.57 Å². The topological polar surface area (TPSA) is 36.4 Å². The average molecular weight is 659 g/mol. The van der Waals surface area contributed by atoms with Crippen LogP contribution < -0.4 is 0 Å². The van der Waals surface area contributed by atoms with Crippen LogP contribution in [0.5, 0.6) is 0 Å². The van der Waals surface area contributed by atoms with E-state index < -0.39 is 0 Å². The van der Waals surface area contributed by atoms with E-state index >= 15 is 0 Å². The second-order valence-electron chi connectivity index (χ2n) is 10.2. The number of aryl methyl sites for hydroxylation is 1. The van der Waals surface area contributed by atoms with Gasteiger partial charge in [-0.1, -0.05) is 109 Å². The van der Waals surface area contributed by atoms with Crippen molar-refractivity contribution < 1.29 is 25.2 Å². The molecule has 42 heavy (non-hydrogen) atoms. The molecule has 0 saturated carbocycles. The van der Waals surface area contributed by atoms with Gasteiger partial charge in [0.1, 0.15) is 0 Å². The van der Waals surface area contributed by atoms with Gasteiger partial charge in [-0.3, -0.25) is 0 Å². The van der Waals surface area contributed by atoms with Crippen molar-refractivity contribution in [3.8, 4) is 11.8 Å². The summed E-state index contributed by atoms with van der Waals surface area (Å²) in [6.45, 7) is 19.9. The summed E-state index contributed by atoms with van der Waals surface area (Å²) in [5.74, 6) is 9.16. The molecule has 2 nitrogen and oxygen atoms in total. The molecular weight excluding hydrogens is 603 g/mol. The quantitative estimate of drug-likeness (QED) is 0.0368. The van der Waals surface area contributed by atoms with E-state index in [2.05, 4.69) is 119 Å². The summed E-state index contributed by atoms with van der Waals surface area (Å²) in [6.07, 6.45) is 14.2. The molecule has 0 bridgehead atoms. The molecule has 0 atom stereocenters. The maximum atomic E-state index is 9.42. The summed E-state index contributed by atoms with van der Waals surface area (Å²) in [5.41, 5.74) is 17.6. The SMILES string of the molecule is CC#Cc1cccc(C(=C(CCCC)C(=C=[N+]=[N-])CCCC)c2ccc(CCCC)cc2)c1.[CH2-]CCC.[CH2-]CCC.[Pd+2]. The molecule has 2 rings (SSSR count). The van der Waals surface area contributed by atoms with E-state index in [4.69, 9.17) is 0 Å². The number of unbranched alkanes of at least 4 members (excludes halogenated alkanes) is 5. The van der Waals surface area contributed by atoms with Gasteiger partial charge >= 0.3 is 26.3 Å². The van der Waals surface area contributed by atoms with E-state index in [0.29, 0.717) is 0 Å². The Labute approximate surface area is 273 Å². The molecule has 0 amide bonds. The number of rotatable bonds is 14. The van der Waals surface area contributed by atoms with Crippen LogP contribution in [0.25, 0.3) is 11.1 Å². The maximum Gasteiger partial charge on any atom is 2.00 e. The first-order chi connectivity index (χ1) is 20.0. The Kier molecular flexibility index (Phi) is 28.5. The monoisotopic (exact) mass is 658 g/mol. The Bertz CT molecular complexity index is 1130. The van der Waals surface area contributed by atoms with Crippen LogP contribution in [0.3, 0.4) is 0 Å². The summed E-state index contributed by atoms with van der Waals surface area (Å²) < 4.78 is 0. The van der Waals surface area contributed by atoms with Crippen LogP contribution in [0.4, 0.5) is 0 Å². The fourth-order valence-corrected chi connectivity index (χ4v) is 4.10.